The van der Waals surface area contributed by atoms with Gasteiger partial charge in [0.15, 0.2) is 11.6 Å². The monoisotopic (exact) mass is 556 g/mol. The van der Waals surface area contributed by atoms with Gasteiger partial charge in [-0.05, 0) is 66.6 Å². The number of aliphatic hydroxyl groups is 1. The molecule has 10 heteroatoms. The second kappa shape index (κ2) is 10.7. The molecular formula is C30H26F2N6OS. The molecule has 0 aliphatic heterocycles. The van der Waals surface area contributed by atoms with Crippen LogP contribution in [0.15, 0.2) is 79.4 Å². The summed E-state index contributed by atoms with van der Waals surface area (Å²) >= 11 is 1.67. The predicted octanol–water partition coefficient (Wildman–Crippen LogP) is 6.48. The third kappa shape index (κ3) is 5.04. The number of halogens is 2. The lowest BCUT2D eigenvalue weighted by molar-refractivity contribution is 0.126. The van der Waals surface area contributed by atoms with E-state index in [1.54, 1.807) is 49.1 Å². The molecule has 4 heterocycles. The number of hydrogen-bond donors (Lipinski definition) is 3. The van der Waals surface area contributed by atoms with Gasteiger partial charge in [-0.3, -0.25) is 10.3 Å². The molecule has 0 amide bonds. The Bertz CT molecular complexity index is 1830. The largest absolute Gasteiger partial charge is 0.374 e. The van der Waals surface area contributed by atoms with Crippen LogP contribution in [0.1, 0.15) is 35.2 Å². The molecule has 0 fully saturated rings. The van der Waals surface area contributed by atoms with E-state index in [1.807, 2.05) is 17.7 Å². The summed E-state index contributed by atoms with van der Waals surface area (Å²) in [6.07, 6.45) is 4.18. The normalized spacial score (nSPS) is 13.1. The lowest BCUT2D eigenvalue weighted by Gasteiger charge is -2.21. The number of aryl methyl sites for hydroxylation is 1. The lowest BCUT2D eigenvalue weighted by atomic mass is 10.1. The van der Waals surface area contributed by atoms with Crippen molar-refractivity contribution in [1.29, 1.82) is 0 Å². The summed E-state index contributed by atoms with van der Waals surface area (Å²) in [7, 11) is 1.98. The molecule has 202 valence electrons. The molecule has 0 aliphatic rings. The van der Waals surface area contributed by atoms with Crippen molar-refractivity contribution in [2.75, 3.05) is 5.32 Å². The zero-order chi connectivity index (χ0) is 27.8. The van der Waals surface area contributed by atoms with Crippen LogP contribution < -0.4 is 10.6 Å². The molecule has 2 atom stereocenters. The van der Waals surface area contributed by atoms with Crippen LogP contribution in [-0.4, -0.2) is 24.6 Å². The molecule has 0 saturated heterocycles. The highest BCUT2D eigenvalue weighted by Gasteiger charge is 2.18. The lowest BCUT2D eigenvalue weighted by Crippen LogP contribution is -2.25. The summed E-state index contributed by atoms with van der Waals surface area (Å²) in [5.74, 6) is -1.30. The van der Waals surface area contributed by atoms with Crippen molar-refractivity contribution in [3.63, 3.8) is 0 Å². The van der Waals surface area contributed by atoms with Crippen molar-refractivity contribution in [3.05, 3.63) is 107 Å². The van der Waals surface area contributed by atoms with E-state index < -0.39 is 23.9 Å². The van der Waals surface area contributed by atoms with Crippen molar-refractivity contribution in [3.8, 4) is 10.4 Å². The third-order valence-electron chi connectivity index (χ3n) is 6.90. The van der Waals surface area contributed by atoms with E-state index in [0.717, 1.165) is 49.4 Å². The van der Waals surface area contributed by atoms with Gasteiger partial charge >= 0.3 is 0 Å². The first kappa shape index (κ1) is 26.0. The van der Waals surface area contributed by atoms with Gasteiger partial charge in [0, 0.05) is 40.0 Å². The molecule has 7 nitrogen and oxygen atoms in total. The summed E-state index contributed by atoms with van der Waals surface area (Å²) < 4.78 is 29.0. The third-order valence-corrected chi connectivity index (χ3v) is 8.04. The predicted molar refractivity (Wildman–Crippen MR) is 154 cm³/mol. The fraction of sp³-hybridized carbons (Fsp3) is 0.167. The molecule has 0 spiro atoms. The van der Waals surface area contributed by atoms with Crippen LogP contribution in [0.2, 0.25) is 0 Å². The molecule has 2 aromatic carbocycles. The number of aromatic nitrogens is 4. The van der Waals surface area contributed by atoms with Crippen LogP contribution >= 0.6 is 11.3 Å². The summed E-state index contributed by atoms with van der Waals surface area (Å²) in [5, 5.41) is 18.3. The molecule has 1 unspecified atom stereocenters. The summed E-state index contributed by atoms with van der Waals surface area (Å²) in [6.45, 7) is 2.29. The second-order valence-corrected chi connectivity index (χ2v) is 10.8. The summed E-state index contributed by atoms with van der Waals surface area (Å²) in [6, 6.07) is 17.2. The minimum atomic E-state index is -1.08. The van der Waals surface area contributed by atoms with E-state index >= 15 is 0 Å². The van der Waals surface area contributed by atoms with Crippen LogP contribution in [0.4, 0.5) is 14.6 Å². The van der Waals surface area contributed by atoms with E-state index in [-0.39, 0.29) is 0 Å². The number of anilines is 1. The first-order valence-electron chi connectivity index (χ1n) is 12.7. The molecule has 3 N–H and O–H groups in total. The minimum Gasteiger partial charge on any atom is -0.374 e. The standard InChI is InChI=1S/C30H26F2N6OS/c1-17(18-5-8-23(31)24(32)13-18)37-30(39)21-4-3-11-33-29(21)35-14-20-7-10-27(40-20)19-6-9-25-22(12-19)28-26(15-34-25)36-16-38(28)2/h3-13,15-17,30,37,39H,14H2,1-2H3,(H,33,35)/t17-,30?/m0/s1. The quantitative estimate of drug-likeness (QED) is 0.186. The average molecular weight is 557 g/mol. The maximum Gasteiger partial charge on any atom is 0.159 e. The number of thiophene rings is 1. The number of nitrogens with one attached hydrogen (secondary N) is 2. The van der Waals surface area contributed by atoms with Gasteiger partial charge in [0.05, 0.1) is 30.1 Å². The van der Waals surface area contributed by atoms with Crippen LogP contribution in [0.5, 0.6) is 0 Å². The van der Waals surface area contributed by atoms with Crippen molar-refractivity contribution in [2.45, 2.75) is 25.7 Å². The fourth-order valence-corrected chi connectivity index (χ4v) is 5.73. The van der Waals surface area contributed by atoms with Gasteiger partial charge in [0.1, 0.15) is 17.6 Å². The Balaban J connectivity index is 1.17. The molecule has 6 rings (SSSR count). The zero-order valence-electron chi connectivity index (χ0n) is 21.8. The number of imidazole rings is 1. The van der Waals surface area contributed by atoms with Crippen LogP contribution in [0, 0.1) is 11.6 Å². The van der Waals surface area contributed by atoms with Gasteiger partial charge in [-0.1, -0.05) is 12.1 Å². The van der Waals surface area contributed by atoms with Gasteiger partial charge in [-0.15, -0.1) is 11.3 Å². The Morgan fingerprint density at radius 1 is 0.975 bits per heavy atom. The van der Waals surface area contributed by atoms with Crippen LogP contribution in [0.3, 0.4) is 0 Å². The molecule has 0 saturated carbocycles. The van der Waals surface area contributed by atoms with Crippen molar-refractivity contribution < 1.29 is 13.9 Å². The molecule has 40 heavy (non-hydrogen) atoms. The SMILES string of the molecule is C[C@H](NC(O)c1cccnc1NCc1ccc(-c2ccc3ncc4ncn(C)c4c3c2)s1)c1ccc(F)c(F)c1. The van der Waals surface area contributed by atoms with E-state index in [1.165, 1.54) is 6.07 Å². The Kier molecular flexibility index (Phi) is 6.97. The van der Waals surface area contributed by atoms with E-state index in [9.17, 15) is 13.9 Å². The first-order chi connectivity index (χ1) is 19.4. The number of hydrogen-bond acceptors (Lipinski definition) is 7. The first-order valence-corrected chi connectivity index (χ1v) is 13.6. The second-order valence-electron chi connectivity index (χ2n) is 9.60. The Morgan fingerprint density at radius 2 is 1.85 bits per heavy atom. The smallest absolute Gasteiger partial charge is 0.159 e. The topological polar surface area (TPSA) is 87.9 Å². The Labute approximate surface area is 233 Å². The number of pyridine rings is 2. The maximum absolute atomic E-state index is 13.7. The van der Waals surface area contributed by atoms with E-state index in [4.69, 9.17) is 0 Å². The van der Waals surface area contributed by atoms with Gasteiger partial charge in [0.25, 0.3) is 0 Å². The molecule has 4 aromatic heterocycles. The zero-order valence-corrected chi connectivity index (χ0v) is 22.6. The number of rotatable bonds is 8. The van der Waals surface area contributed by atoms with Crippen LogP contribution in [0.25, 0.3) is 32.4 Å². The maximum atomic E-state index is 13.7. The average Bonchev–Trinajstić information content (AvgIpc) is 3.60. The number of fused-ring (bicyclic) bond motifs is 3. The Morgan fingerprint density at radius 3 is 2.70 bits per heavy atom. The van der Waals surface area contributed by atoms with Gasteiger partial charge < -0.3 is 15.0 Å². The van der Waals surface area contributed by atoms with Gasteiger partial charge in [-0.25, -0.2) is 18.7 Å². The van der Waals surface area contributed by atoms with Crippen molar-refractivity contribution >= 4 is 39.1 Å². The summed E-state index contributed by atoms with van der Waals surface area (Å²) in [4.78, 5) is 15.6. The van der Waals surface area contributed by atoms with Crippen molar-refractivity contribution in [1.82, 2.24) is 24.8 Å². The van der Waals surface area contributed by atoms with E-state index in [2.05, 4.69) is 49.9 Å². The van der Waals surface area contributed by atoms with Gasteiger partial charge in [0.2, 0.25) is 0 Å². The van der Waals surface area contributed by atoms with Crippen LogP contribution in [-0.2, 0) is 13.6 Å². The number of benzene rings is 2. The Hall–Kier alpha value is -4.25. The number of aliphatic hydroxyl groups excluding tert-OH is 1. The van der Waals surface area contributed by atoms with Gasteiger partial charge in [-0.2, -0.15) is 0 Å². The molecule has 0 aliphatic carbocycles. The molecular weight excluding hydrogens is 530 g/mol. The highest BCUT2D eigenvalue weighted by molar-refractivity contribution is 7.15. The van der Waals surface area contributed by atoms with Crippen molar-refractivity contribution in [2.24, 2.45) is 7.05 Å². The highest BCUT2D eigenvalue weighted by atomic mass is 32.1. The molecule has 0 bridgehead atoms. The fourth-order valence-electron chi connectivity index (χ4n) is 4.78. The minimum absolute atomic E-state index is 0.428. The highest BCUT2D eigenvalue weighted by Crippen LogP contribution is 2.33. The number of nitrogens with zero attached hydrogens (tertiary/aromatic N) is 4. The molecule has 6 aromatic rings. The van der Waals surface area contributed by atoms with E-state index in [0.29, 0.717) is 23.5 Å². The molecule has 0 radical (unpaired) electrons. The summed E-state index contributed by atoms with van der Waals surface area (Å²) in [5.41, 5.74) is 5.02.